The molecule has 108 heavy (non-hydrogen) atoms. The number of hydrogen-bond acceptors (Lipinski definition) is 14. The van der Waals surface area contributed by atoms with Crippen LogP contribution >= 0.6 is 107 Å². The van der Waals surface area contributed by atoms with Crippen LogP contribution in [0.15, 0.2) is 323 Å². The topological polar surface area (TPSA) is 190 Å². The van der Waals surface area contributed by atoms with E-state index in [1.165, 1.54) is 71.7 Å². The molecule has 0 saturated heterocycles. The van der Waals surface area contributed by atoms with Crippen molar-refractivity contribution in [2.24, 2.45) is 5.73 Å². The van der Waals surface area contributed by atoms with Gasteiger partial charge < -0.3 is 5.73 Å². The number of benzene rings is 11. The van der Waals surface area contributed by atoms with Gasteiger partial charge in [0.15, 0.2) is 28.9 Å². The Labute approximate surface area is 670 Å². The Balaban J connectivity index is 0.000000176. The summed E-state index contributed by atoms with van der Waals surface area (Å²) in [5, 5.41) is 0.161. The van der Waals surface area contributed by atoms with Gasteiger partial charge in [-0.1, -0.05) is 254 Å². The van der Waals surface area contributed by atoms with Gasteiger partial charge in [0, 0.05) is 30.7 Å². The zero-order valence-electron chi connectivity index (χ0n) is 57.0. The number of hydrogen-bond donors (Lipinski definition) is 1. The lowest BCUT2D eigenvalue weighted by atomic mass is 10.1. The van der Waals surface area contributed by atoms with Gasteiger partial charge in [-0.3, -0.25) is 52.9 Å². The first-order valence-electron chi connectivity index (χ1n) is 32.4. The molecule has 2 N–H and O–H groups in total. The molecule has 0 spiro atoms. The Morgan fingerprint density at radius 2 is 0.685 bits per heavy atom. The third-order valence-electron chi connectivity index (χ3n) is 14.6. The maximum absolute atomic E-state index is 13.5. The van der Waals surface area contributed by atoms with Gasteiger partial charge in [-0.25, -0.2) is 24.6 Å². The van der Waals surface area contributed by atoms with Crippen molar-refractivity contribution in [1.82, 2.24) is 9.80 Å². The summed E-state index contributed by atoms with van der Waals surface area (Å²) >= 11 is 20.2. The van der Waals surface area contributed by atoms with Crippen LogP contribution in [-0.2, 0) is 0 Å². The zero-order valence-corrected chi connectivity index (χ0v) is 65.8. The summed E-state index contributed by atoms with van der Waals surface area (Å²) in [6.07, 6.45) is 0. The fourth-order valence-electron chi connectivity index (χ4n) is 9.40. The second kappa shape index (κ2) is 45.7. The molecule has 2 aliphatic heterocycles. The first-order chi connectivity index (χ1) is 52.2. The quantitative estimate of drug-likeness (QED) is 0.0178. The second-order valence-corrected chi connectivity index (χ2v) is 30.7. The molecule has 546 valence electrons. The number of carbonyl (C=O) groups excluding carboxylic acids is 9. The Morgan fingerprint density at radius 1 is 0.389 bits per heavy atom. The smallest absolute Gasteiger partial charge is 0.298 e. The number of nitrogens with two attached hydrogens (primary N) is 1. The lowest BCUT2D eigenvalue weighted by molar-refractivity contribution is 0.0658. The van der Waals surface area contributed by atoms with E-state index in [4.69, 9.17) is 12.3 Å². The highest BCUT2D eigenvalue weighted by atomic mass is 79.9. The SMILES string of the molecule is NC(=S)CN1C(=O)c2ccccc2C1=O.O=C(CBr)c1ccccc1F.O=C(CSc1ccccc1)c1ccccc1.O=C(CSc1ccccc1)c1ccccc1F.O=C(c1ccccc1)C(Br)Sc1ccccc1.O=C(c1ccccc1F)C(Br)Sc1ccccc1.[C-]#[N+]CN1C(=O)c2ccccc2C1=O. The van der Waals surface area contributed by atoms with Gasteiger partial charge >= 0.3 is 0 Å². The third kappa shape index (κ3) is 26.8. The molecule has 13 nitrogen and oxygen atoms in total. The fraction of sp³-hybridized carbons (Fsp3) is 0.0833. The minimum Gasteiger partial charge on any atom is -0.392 e. The minimum atomic E-state index is -0.489. The number of Topliss-reactive ketones (excluding diaryl/α,β-unsaturated/α-hetero) is 5. The van der Waals surface area contributed by atoms with E-state index in [0.717, 1.165) is 40.5 Å². The summed E-state index contributed by atoms with van der Waals surface area (Å²) in [5.41, 5.74) is 8.86. The highest BCUT2D eigenvalue weighted by Crippen LogP contribution is 2.32. The van der Waals surface area contributed by atoms with Crippen molar-refractivity contribution in [1.29, 1.82) is 0 Å². The van der Waals surface area contributed by atoms with Crippen LogP contribution in [0.1, 0.15) is 93.2 Å². The van der Waals surface area contributed by atoms with Crippen LogP contribution in [0.2, 0.25) is 0 Å². The lowest BCUT2D eigenvalue weighted by Crippen LogP contribution is -2.36. The van der Waals surface area contributed by atoms with Crippen molar-refractivity contribution < 1.29 is 56.3 Å². The van der Waals surface area contributed by atoms with Crippen LogP contribution in [0.5, 0.6) is 0 Å². The number of ketones is 5. The van der Waals surface area contributed by atoms with Crippen LogP contribution in [0.25, 0.3) is 4.85 Å². The molecular weight excluding hydrogens is 1670 g/mol. The molecule has 2 heterocycles. The van der Waals surface area contributed by atoms with Crippen LogP contribution in [0.3, 0.4) is 0 Å². The lowest BCUT2D eigenvalue weighted by Gasteiger charge is -2.11. The van der Waals surface area contributed by atoms with E-state index in [2.05, 4.69) is 64.9 Å². The van der Waals surface area contributed by atoms with Gasteiger partial charge in [0.25, 0.3) is 30.3 Å². The summed E-state index contributed by atoms with van der Waals surface area (Å²) in [6, 6.07) is 89.0. The average molecular weight is 1730 g/mol. The Morgan fingerprint density at radius 3 is 1.05 bits per heavy atom. The van der Waals surface area contributed by atoms with Gasteiger partial charge in [0.05, 0.1) is 67.3 Å². The molecule has 0 aromatic heterocycles. The Hall–Kier alpha value is -9.94. The first kappa shape index (κ1) is 85.3. The number of thioether (sulfide) groups is 4. The van der Waals surface area contributed by atoms with Crippen molar-refractivity contribution >= 4 is 165 Å². The van der Waals surface area contributed by atoms with E-state index in [1.54, 1.807) is 96.7 Å². The minimum absolute atomic E-state index is 0.00167. The zero-order chi connectivity index (χ0) is 77.7. The highest BCUT2D eigenvalue weighted by molar-refractivity contribution is 9.12. The first-order valence-corrected chi connectivity index (χ1v) is 39.5. The predicted octanol–water partition coefficient (Wildman–Crippen LogP) is 20.5. The molecule has 2 unspecified atom stereocenters. The molecule has 11 aromatic rings. The van der Waals surface area contributed by atoms with E-state index < -0.39 is 21.6 Å². The molecule has 0 radical (unpaired) electrons. The molecule has 0 aliphatic carbocycles. The predicted molar refractivity (Wildman–Crippen MR) is 439 cm³/mol. The number of halogens is 6. The number of fused-ring (bicyclic) bond motifs is 2. The maximum Gasteiger partial charge on any atom is 0.298 e. The standard InChI is InChI=1S/C14H10BrFOS.C14H11BrOS.C14H11FOS.C14H12OS.C10H8N2O2S.C10H6N2O2.C8H6BrFO/c15-14(18-10-6-2-1-3-7-10)13(17)11-8-4-5-9-12(11)16;15-14(17-12-9-5-2-6-10-12)13(16)11-7-3-1-4-8-11;15-13-9-5-4-8-12(13)14(16)10-17-11-6-2-1-3-7-11;15-14(12-7-3-1-4-8-12)11-16-13-9-5-2-6-10-13;11-8(15)5-12-9(13)6-3-1-2-4-7(6)10(12)14;1-11-6-12-9(13)7-4-2-3-5-8(7)10(12)14;9-5-8(11)6-3-1-2-4-7(6)10/h1-9,14H;1-10,14H;1-9H,10H2;1-10H,11H2;1-4H,5H2,(H2,11,15);2-5H,6H2;1-4H,5H2. The summed E-state index contributed by atoms with van der Waals surface area (Å²) < 4.78 is 38.9. The number of nitrogens with zero attached hydrogens (tertiary/aromatic N) is 3. The van der Waals surface area contributed by atoms with E-state index in [9.17, 15) is 56.3 Å². The Bertz CT molecular complexity index is 4860. The van der Waals surface area contributed by atoms with Crippen molar-refractivity contribution in [3.8, 4) is 0 Å². The molecule has 4 amide bonds. The number of amides is 4. The van der Waals surface area contributed by atoms with Gasteiger partial charge in [-0.2, -0.15) is 0 Å². The molecule has 0 fully saturated rings. The number of rotatable bonds is 21. The van der Waals surface area contributed by atoms with Crippen LogP contribution in [0.4, 0.5) is 13.2 Å². The van der Waals surface area contributed by atoms with Gasteiger partial charge in [0.2, 0.25) is 0 Å². The highest BCUT2D eigenvalue weighted by Gasteiger charge is 2.37. The summed E-state index contributed by atoms with van der Waals surface area (Å²) in [5.74, 6) is -2.46. The average Bonchev–Trinajstić information content (AvgIpc) is 1.64. The van der Waals surface area contributed by atoms with Gasteiger partial charge in [-0.05, 0) is 109 Å². The monoisotopic (exact) mass is 1730 g/mol. The molecule has 13 rings (SSSR count). The van der Waals surface area contributed by atoms with Crippen LogP contribution in [-0.4, -0.2) is 106 Å². The van der Waals surface area contributed by atoms with E-state index in [1.807, 2.05) is 182 Å². The number of alkyl halides is 3. The van der Waals surface area contributed by atoms with Gasteiger partial charge in [0.1, 0.15) is 25.8 Å². The third-order valence-corrected chi connectivity index (χ3v) is 21.2. The largest absolute Gasteiger partial charge is 0.392 e. The number of imide groups is 2. The number of thiocarbonyl (C=S) groups is 1. The molecule has 2 aliphatic rings. The van der Waals surface area contributed by atoms with Crippen molar-refractivity contribution in [3.63, 3.8) is 0 Å². The van der Waals surface area contributed by atoms with Crippen LogP contribution < -0.4 is 5.73 Å². The summed E-state index contributed by atoms with van der Waals surface area (Å²) in [6.45, 7) is 6.43. The van der Waals surface area contributed by atoms with E-state index in [0.29, 0.717) is 28.0 Å². The van der Waals surface area contributed by atoms with E-state index in [-0.39, 0.29) is 103 Å². The molecule has 24 heteroatoms. The second-order valence-electron chi connectivity index (χ2n) is 22.1. The van der Waals surface area contributed by atoms with Crippen molar-refractivity contribution in [3.05, 3.63) is 382 Å². The Kier molecular flexibility index (Phi) is 36.1. The molecular formula is C84H64Br3F3N4O9S5. The van der Waals surface area contributed by atoms with E-state index >= 15 is 0 Å². The van der Waals surface area contributed by atoms with Crippen molar-refractivity contribution in [2.45, 2.75) is 27.9 Å². The maximum atomic E-state index is 13.5. The van der Waals surface area contributed by atoms with Crippen LogP contribution in [0, 0.1) is 24.0 Å². The molecule has 11 aromatic carbocycles. The summed E-state index contributed by atoms with van der Waals surface area (Å²) in [7, 11) is 0. The molecule has 2 atom stereocenters. The normalized spacial score (nSPS) is 11.8. The summed E-state index contributed by atoms with van der Waals surface area (Å²) in [4.78, 5) is 115. The molecule has 0 bridgehead atoms. The van der Waals surface area contributed by atoms with Crippen molar-refractivity contribution in [2.75, 3.05) is 30.0 Å². The number of carbonyl (C=O) groups is 9. The van der Waals surface area contributed by atoms with Gasteiger partial charge in [-0.15, -0.1) is 47.0 Å². The molecule has 0 saturated carbocycles. The fourth-order valence-corrected chi connectivity index (χ4v) is 14.8.